The molecule has 0 radical (unpaired) electrons. The molecule has 1 atom stereocenters. The van der Waals surface area contributed by atoms with E-state index in [1.54, 1.807) is 26.4 Å². The summed E-state index contributed by atoms with van der Waals surface area (Å²) in [5.74, 6) is 1.26. The molecule has 0 amide bonds. The highest BCUT2D eigenvalue weighted by atomic mass is 16.5. The fourth-order valence-corrected chi connectivity index (χ4v) is 2.29. The summed E-state index contributed by atoms with van der Waals surface area (Å²) in [6.45, 7) is 6.44. The topological polar surface area (TPSA) is 56.5 Å². The van der Waals surface area contributed by atoms with Crippen LogP contribution in [0.25, 0.3) is 0 Å². The standard InChI is InChI=1S/C16H22N2O3/c1-10-11(2)17-18(12(10)3)9-14(19)13-6-7-15(20-4)16(8-13)21-5/h6-8,14,19H,9H2,1-5H3. The molecule has 5 nitrogen and oxygen atoms in total. The Balaban J connectivity index is 2.23. The maximum Gasteiger partial charge on any atom is 0.161 e. The smallest absolute Gasteiger partial charge is 0.161 e. The van der Waals surface area contributed by atoms with Gasteiger partial charge >= 0.3 is 0 Å². The van der Waals surface area contributed by atoms with Crippen molar-refractivity contribution in [1.29, 1.82) is 0 Å². The number of aromatic nitrogens is 2. The van der Waals surface area contributed by atoms with Crippen LogP contribution in [0.1, 0.15) is 28.6 Å². The van der Waals surface area contributed by atoms with Crippen molar-refractivity contribution in [2.45, 2.75) is 33.4 Å². The molecule has 5 heteroatoms. The number of rotatable bonds is 5. The van der Waals surface area contributed by atoms with Crippen molar-refractivity contribution in [3.8, 4) is 11.5 Å². The Hall–Kier alpha value is -2.01. The first kappa shape index (κ1) is 15.4. The number of aliphatic hydroxyl groups excluding tert-OH is 1. The number of ether oxygens (including phenoxy) is 2. The molecule has 21 heavy (non-hydrogen) atoms. The molecule has 0 saturated carbocycles. The molecule has 1 heterocycles. The van der Waals surface area contributed by atoms with E-state index in [1.807, 2.05) is 31.5 Å². The van der Waals surface area contributed by atoms with Crippen LogP contribution in [-0.2, 0) is 6.54 Å². The molecule has 1 unspecified atom stereocenters. The third kappa shape index (κ3) is 3.03. The molecule has 1 aromatic heterocycles. The third-order valence-electron chi connectivity index (χ3n) is 3.88. The van der Waals surface area contributed by atoms with Gasteiger partial charge in [0.1, 0.15) is 0 Å². The van der Waals surface area contributed by atoms with Crippen LogP contribution in [0.5, 0.6) is 11.5 Å². The van der Waals surface area contributed by atoms with E-state index < -0.39 is 6.10 Å². The maximum absolute atomic E-state index is 10.4. The summed E-state index contributed by atoms with van der Waals surface area (Å²) in [7, 11) is 3.17. The zero-order valence-corrected chi connectivity index (χ0v) is 13.2. The van der Waals surface area contributed by atoms with Crippen molar-refractivity contribution in [2.24, 2.45) is 0 Å². The van der Waals surface area contributed by atoms with Gasteiger partial charge in [-0.05, 0) is 44.0 Å². The minimum Gasteiger partial charge on any atom is -0.493 e. The van der Waals surface area contributed by atoms with Crippen LogP contribution in [0.3, 0.4) is 0 Å². The van der Waals surface area contributed by atoms with Crippen LogP contribution in [0, 0.1) is 20.8 Å². The SMILES string of the molecule is COc1ccc(C(O)Cn2nc(C)c(C)c2C)cc1OC. The highest BCUT2D eigenvalue weighted by molar-refractivity contribution is 5.43. The molecule has 0 spiro atoms. The summed E-state index contributed by atoms with van der Waals surface area (Å²) >= 11 is 0. The number of nitrogens with zero attached hydrogens (tertiary/aromatic N) is 2. The molecule has 0 aliphatic carbocycles. The lowest BCUT2D eigenvalue weighted by Gasteiger charge is -2.15. The summed E-state index contributed by atoms with van der Waals surface area (Å²) in [4.78, 5) is 0. The molecule has 0 bridgehead atoms. The van der Waals surface area contributed by atoms with Gasteiger partial charge in [-0.15, -0.1) is 0 Å². The first-order chi connectivity index (χ1) is 9.97. The lowest BCUT2D eigenvalue weighted by Crippen LogP contribution is -2.11. The Morgan fingerprint density at radius 2 is 1.81 bits per heavy atom. The van der Waals surface area contributed by atoms with Gasteiger partial charge in [-0.25, -0.2) is 0 Å². The van der Waals surface area contributed by atoms with E-state index in [9.17, 15) is 5.11 Å². The van der Waals surface area contributed by atoms with Gasteiger partial charge < -0.3 is 14.6 Å². The molecular formula is C16H22N2O3. The highest BCUT2D eigenvalue weighted by Gasteiger charge is 2.15. The second kappa shape index (κ2) is 6.18. The normalized spacial score (nSPS) is 12.3. The van der Waals surface area contributed by atoms with E-state index in [4.69, 9.17) is 9.47 Å². The Morgan fingerprint density at radius 3 is 2.33 bits per heavy atom. The molecule has 1 N–H and O–H groups in total. The Bertz CT molecular complexity index is 635. The average Bonchev–Trinajstić information content (AvgIpc) is 2.73. The van der Waals surface area contributed by atoms with Crippen molar-refractivity contribution in [3.63, 3.8) is 0 Å². The zero-order chi connectivity index (χ0) is 15.6. The molecule has 0 aliphatic heterocycles. The summed E-state index contributed by atoms with van der Waals surface area (Å²) in [6.07, 6.45) is -0.651. The summed E-state index contributed by atoms with van der Waals surface area (Å²) in [5, 5.41) is 14.9. The van der Waals surface area contributed by atoms with Gasteiger partial charge in [0, 0.05) is 5.69 Å². The van der Waals surface area contributed by atoms with Gasteiger partial charge in [0.05, 0.1) is 32.6 Å². The molecule has 0 fully saturated rings. The Labute approximate surface area is 125 Å². The van der Waals surface area contributed by atoms with Crippen molar-refractivity contribution >= 4 is 0 Å². The van der Waals surface area contributed by atoms with Crippen LogP contribution in [0.15, 0.2) is 18.2 Å². The minimum absolute atomic E-state index is 0.413. The minimum atomic E-state index is -0.651. The quantitative estimate of drug-likeness (QED) is 0.919. The summed E-state index contributed by atoms with van der Waals surface area (Å²) < 4.78 is 12.3. The number of methoxy groups -OCH3 is 2. The van der Waals surface area contributed by atoms with Crippen LogP contribution < -0.4 is 9.47 Å². The lowest BCUT2D eigenvalue weighted by atomic mass is 10.1. The van der Waals surface area contributed by atoms with Gasteiger partial charge in [-0.1, -0.05) is 6.07 Å². The van der Waals surface area contributed by atoms with E-state index >= 15 is 0 Å². The van der Waals surface area contributed by atoms with E-state index in [-0.39, 0.29) is 0 Å². The second-order valence-electron chi connectivity index (χ2n) is 5.11. The molecule has 2 aromatic rings. The Morgan fingerprint density at radius 1 is 1.14 bits per heavy atom. The summed E-state index contributed by atoms with van der Waals surface area (Å²) in [5.41, 5.74) is 4.01. The maximum atomic E-state index is 10.4. The monoisotopic (exact) mass is 290 g/mol. The molecule has 2 rings (SSSR count). The number of aryl methyl sites for hydroxylation is 1. The van der Waals surface area contributed by atoms with E-state index in [1.165, 1.54) is 0 Å². The highest BCUT2D eigenvalue weighted by Crippen LogP contribution is 2.30. The predicted molar refractivity (Wildman–Crippen MR) is 80.9 cm³/mol. The zero-order valence-electron chi connectivity index (χ0n) is 13.2. The van der Waals surface area contributed by atoms with E-state index in [0.29, 0.717) is 18.0 Å². The van der Waals surface area contributed by atoms with Gasteiger partial charge in [0.2, 0.25) is 0 Å². The van der Waals surface area contributed by atoms with Crippen LogP contribution in [0.4, 0.5) is 0 Å². The largest absolute Gasteiger partial charge is 0.493 e. The number of hydrogen-bond donors (Lipinski definition) is 1. The third-order valence-corrected chi connectivity index (χ3v) is 3.88. The molecule has 1 aromatic carbocycles. The van der Waals surface area contributed by atoms with Crippen molar-refractivity contribution in [3.05, 3.63) is 40.7 Å². The van der Waals surface area contributed by atoms with Gasteiger partial charge in [-0.2, -0.15) is 5.10 Å². The molecular weight excluding hydrogens is 268 g/mol. The van der Waals surface area contributed by atoms with Crippen molar-refractivity contribution in [2.75, 3.05) is 14.2 Å². The molecule has 0 aliphatic rings. The van der Waals surface area contributed by atoms with Crippen molar-refractivity contribution in [1.82, 2.24) is 9.78 Å². The van der Waals surface area contributed by atoms with Gasteiger partial charge in [0.25, 0.3) is 0 Å². The summed E-state index contributed by atoms with van der Waals surface area (Å²) in [6, 6.07) is 5.43. The van der Waals surface area contributed by atoms with Crippen LogP contribution in [0.2, 0.25) is 0 Å². The Kier molecular flexibility index (Phi) is 4.53. The number of aliphatic hydroxyl groups is 1. The first-order valence-electron chi connectivity index (χ1n) is 6.88. The van der Waals surface area contributed by atoms with E-state index in [0.717, 1.165) is 22.5 Å². The fourth-order valence-electron chi connectivity index (χ4n) is 2.29. The number of benzene rings is 1. The molecule has 0 saturated heterocycles. The fraction of sp³-hybridized carbons (Fsp3) is 0.438. The second-order valence-corrected chi connectivity index (χ2v) is 5.11. The van der Waals surface area contributed by atoms with E-state index in [2.05, 4.69) is 5.10 Å². The van der Waals surface area contributed by atoms with Crippen LogP contribution in [-0.4, -0.2) is 29.1 Å². The lowest BCUT2D eigenvalue weighted by molar-refractivity contribution is 0.150. The van der Waals surface area contributed by atoms with Crippen molar-refractivity contribution < 1.29 is 14.6 Å². The van der Waals surface area contributed by atoms with Gasteiger partial charge in [0.15, 0.2) is 11.5 Å². The van der Waals surface area contributed by atoms with Gasteiger partial charge in [-0.3, -0.25) is 4.68 Å². The average molecular weight is 290 g/mol. The first-order valence-corrected chi connectivity index (χ1v) is 6.88. The van der Waals surface area contributed by atoms with Crippen LogP contribution >= 0.6 is 0 Å². The predicted octanol–water partition coefficient (Wildman–Crippen LogP) is 2.56. The molecule has 114 valence electrons. The number of hydrogen-bond acceptors (Lipinski definition) is 4.